The fourth-order valence-corrected chi connectivity index (χ4v) is 4.04. The third-order valence-corrected chi connectivity index (χ3v) is 5.91. The molecule has 0 amide bonds. The summed E-state index contributed by atoms with van der Waals surface area (Å²) >= 11 is 0. The Morgan fingerprint density at radius 3 is 2.53 bits per heavy atom. The molecule has 0 aliphatic carbocycles. The second kappa shape index (κ2) is 9.31. The highest BCUT2D eigenvalue weighted by molar-refractivity contribution is 5.95. The SMILES string of the molecule is Cc1ccncc1OCc1ccc(OC2CN(c3cccc(C(=O)O)c3-n3cccc3)C2)cc1. The number of aromatic carboxylic acids is 1. The highest BCUT2D eigenvalue weighted by atomic mass is 16.5. The number of benzene rings is 2. The lowest BCUT2D eigenvalue weighted by atomic mass is 10.1. The molecule has 34 heavy (non-hydrogen) atoms. The number of rotatable bonds is 8. The van der Waals surface area contributed by atoms with E-state index in [9.17, 15) is 9.90 Å². The van der Waals surface area contributed by atoms with Crippen molar-refractivity contribution >= 4 is 11.7 Å². The first-order valence-corrected chi connectivity index (χ1v) is 11.1. The molecule has 0 radical (unpaired) electrons. The maximum Gasteiger partial charge on any atom is 0.337 e. The Morgan fingerprint density at radius 2 is 1.82 bits per heavy atom. The maximum absolute atomic E-state index is 11.8. The number of aryl methyl sites for hydroxylation is 1. The van der Waals surface area contributed by atoms with Crippen molar-refractivity contribution < 1.29 is 19.4 Å². The van der Waals surface area contributed by atoms with E-state index in [4.69, 9.17) is 9.47 Å². The van der Waals surface area contributed by atoms with Gasteiger partial charge < -0.3 is 24.0 Å². The molecule has 172 valence electrons. The molecule has 0 spiro atoms. The normalized spacial score (nSPS) is 13.4. The minimum atomic E-state index is -0.943. The van der Waals surface area contributed by atoms with E-state index < -0.39 is 5.97 Å². The average molecular weight is 456 g/mol. The molecule has 0 saturated carbocycles. The number of carboxylic acid groups (broad SMARTS) is 1. The Bertz CT molecular complexity index is 1280. The number of aromatic nitrogens is 2. The molecule has 0 bridgehead atoms. The number of pyridine rings is 1. The molecule has 2 aromatic carbocycles. The monoisotopic (exact) mass is 455 g/mol. The molecule has 7 nitrogen and oxygen atoms in total. The highest BCUT2D eigenvalue weighted by Gasteiger charge is 2.31. The fraction of sp³-hybridized carbons (Fsp3) is 0.185. The second-order valence-corrected chi connectivity index (χ2v) is 8.29. The third kappa shape index (κ3) is 4.45. The molecule has 1 fully saturated rings. The van der Waals surface area contributed by atoms with Crippen molar-refractivity contribution in [1.82, 2.24) is 9.55 Å². The van der Waals surface area contributed by atoms with E-state index in [1.807, 2.05) is 72.4 Å². The quantitative estimate of drug-likeness (QED) is 0.414. The van der Waals surface area contributed by atoms with E-state index in [0.717, 1.165) is 28.3 Å². The fourth-order valence-electron chi connectivity index (χ4n) is 4.04. The zero-order valence-corrected chi connectivity index (χ0v) is 18.8. The number of nitrogens with zero attached hydrogens (tertiary/aromatic N) is 3. The van der Waals surface area contributed by atoms with Gasteiger partial charge in [0.2, 0.25) is 0 Å². The smallest absolute Gasteiger partial charge is 0.337 e. The summed E-state index contributed by atoms with van der Waals surface area (Å²) in [5.41, 5.74) is 3.93. The zero-order chi connectivity index (χ0) is 23.5. The summed E-state index contributed by atoms with van der Waals surface area (Å²) in [4.78, 5) is 18.1. The number of para-hydroxylation sites is 1. The van der Waals surface area contributed by atoms with Gasteiger partial charge in [-0.3, -0.25) is 4.98 Å². The van der Waals surface area contributed by atoms with Crippen LogP contribution in [0.2, 0.25) is 0 Å². The van der Waals surface area contributed by atoms with E-state index >= 15 is 0 Å². The number of anilines is 1. The van der Waals surface area contributed by atoms with Gasteiger partial charge in [0.25, 0.3) is 0 Å². The van der Waals surface area contributed by atoms with Gasteiger partial charge in [-0.15, -0.1) is 0 Å². The third-order valence-electron chi connectivity index (χ3n) is 5.91. The number of hydrogen-bond acceptors (Lipinski definition) is 5. The molecule has 1 aliphatic heterocycles. The van der Waals surface area contributed by atoms with Gasteiger partial charge in [-0.2, -0.15) is 0 Å². The van der Waals surface area contributed by atoms with Crippen LogP contribution in [0.3, 0.4) is 0 Å². The standard InChI is InChI=1S/C27H25N3O4/c1-19-11-12-28-15-25(19)33-18-20-7-9-21(10-8-20)34-22-16-30(17-22)24-6-4-5-23(27(31)32)26(24)29-13-2-3-14-29/h2-15,22H,16-18H2,1H3,(H,31,32). The van der Waals surface area contributed by atoms with Gasteiger partial charge in [0, 0.05) is 18.6 Å². The number of ether oxygens (including phenoxy) is 2. The lowest BCUT2D eigenvalue weighted by Gasteiger charge is -2.41. The van der Waals surface area contributed by atoms with Crippen molar-refractivity contribution in [2.75, 3.05) is 18.0 Å². The molecule has 4 aromatic rings. The van der Waals surface area contributed by atoms with Crippen molar-refractivity contribution in [3.05, 3.63) is 102 Å². The van der Waals surface area contributed by atoms with Crippen LogP contribution in [0.15, 0.2) is 85.5 Å². The summed E-state index contributed by atoms with van der Waals surface area (Å²) in [5.74, 6) is 0.640. The lowest BCUT2D eigenvalue weighted by Crippen LogP contribution is -2.54. The molecule has 1 aliphatic rings. The highest BCUT2D eigenvalue weighted by Crippen LogP contribution is 2.32. The van der Waals surface area contributed by atoms with E-state index in [0.29, 0.717) is 25.4 Å². The Balaban J connectivity index is 1.21. The van der Waals surface area contributed by atoms with E-state index in [1.165, 1.54) is 0 Å². The Morgan fingerprint density at radius 1 is 1.06 bits per heavy atom. The van der Waals surface area contributed by atoms with Gasteiger partial charge in [0.05, 0.1) is 36.2 Å². The number of hydrogen-bond donors (Lipinski definition) is 1. The first kappa shape index (κ1) is 21.6. The molecule has 2 aromatic heterocycles. The van der Waals surface area contributed by atoms with Crippen LogP contribution in [-0.2, 0) is 6.61 Å². The Hall–Kier alpha value is -4.26. The first-order valence-electron chi connectivity index (χ1n) is 11.1. The molecule has 0 atom stereocenters. The van der Waals surface area contributed by atoms with Crippen molar-refractivity contribution in [2.24, 2.45) is 0 Å². The minimum absolute atomic E-state index is 0.0335. The predicted molar refractivity (Wildman–Crippen MR) is 129 cm³/mol. The summed E-state index contributed by atoms with van der Waals surface area (Å²) in [6.07, 6.45) is 7.23. The molecular weight excluding hydrogens is 430 g/mol. The van der Waals surface area contributed by atoms with Gasteiger partial charge in [-0.1, -0.05) is 18.2 Å². The Kier molecular flexibility index (Phi) is 5.91. The van der Waals surface area contributed by atoms with Crippen molar-refractivity contribution in [2.45, 2.75) is 19.6 Å². The topological polar surface area (TPSA) is 76.8 Å². The molecule has 1 N–H and O–H groups in total. The average Bonchev–Trinajstić information content (AvgIpc) is 3.35. The van der Waals surface area contributed by atoms with Crippen LogP contribution in [-0.4, -0.2) is 39.8 Å². The molecule has 1 saturated heterocycles. The summed E-state index contributed by atoms with van der Waals surface area (Å²) in [7, 11) is 0. The van der Waals surface area contributed by atoms with Gasteiger partial charge >= 0.3 is 5.97 Å². The largest absolute Gasteiger partial charge is 0.487 e. The molecule has 3 heterocycles. The van der Waals surface area contributed by atoms with Crippen LogP contribution in [0, 0.1) is 6.92 Å². The van der Waals surface area contributed by atoms with Crippen molar-refractivity contribution in [3.8, 4) is 17.2 Å². The van der Waals surface area contributed by atoms with E-state index in [1.54, 1.807) is 24.5 Å². The Labute approximate surface area is 197 Å². The maximum atomic E-state index is 11.8. The van der Waals surface area contributed by atoms with E-state index in [-0.39, 0.29) is 11.7 Å². The van der Waals surface area contributed by atoms with E-state index in [2.05, 4.69) is 9.88 Å². The molecule has 0 unspecified atom stereocenters. The summed E-state index contributed by atoms with van der Waals surface area (Å²) in [5, 5.41) is 9.68. The molecule has 7 heteroatoms. The van der Waals surface area contributed by atoms with Crippen LogP contribution >= 0.6 is 0 Å². The van der Waals surface area contributed by atoms with Gasteiger partial charge in [-0.25, -0.2) is 4.79 Å². The van der Waals surface area contributed by atoms with Crippen LogP contribution in [0.1, 0.15) is 21.5 Å². The predicted octanol–water partition coefficient (Wildman–Crippen LogP) is 4.73. The number of carboxylic acids is 1. The van der Waals surface area contributed by atoms with Crippen LogP contribution in [0.4, 0.5) is 5.69 Å². The number of carbonyl (C=O) groups is 1. The van der Waals surface area contributed by atoms with Gasteiger partial charge in [-0.05, 0) is 60.5 Å². The minimum Gasteiger partial charge on any atom is -0.487 e. The van der Waals surface area contributed by atoms with Crippen LogP contribution < -0.4 is 14.4 Å². The lowest BCUT2D eigenvalue weighted by molar-refractivity contribution is 0.0697. The molecule has 5 rings (SSSR count). The first-order chi connectivity index (χ1) is 16.6. The van der Waals surface area contributed by atoms with Crippen molar-refractivity contribution in [3.63, 3.8) is 0 Å². The zero-order valence-electron chi connectivity index (χ0n) is 18.8. The molecular formula is C27H25N3O4. The summed E-state index contributed by atoms with van der Waals surface area (Å²) < 4.78 is 13.8. The van der Waals surface area contributed by atoms with Crippen LogP contribution in [0.5, 0.6) is 11.5 Å². The summed E-state index contributed by atoms with van der Waals surface area (Å²) in [6.45, 7) is 3.83. The summed E-state index contributed by atoms with van der Waals surface area (Å²) in [6, 6.07) is 19.0. The van der Waals surface area contributed by atoms with Gasteiger partial charge in [0.15, 0.2) is 0 Å². The van der Waals surface area contributed by atoms with Crippen molar-refractivity contribution in [1.29, 1.82) is 0 Å². The van der Waals surface area contributed by atoms with Gasteiger partial charge in [0.1, 0.15) is 24.2 Å². The second-order valence-electron chi connectivity index (χ2n) is 8.29. The van der Waals surface area contributed by atoms with Crippen LogP contribution in [0.25, 0.3) is 5.69 Å².